The van der Waals surface area contributed by atoms with Crippen molar-refractivity contribution in [3.8, 4) is 17.2 Å². The normalized spacial score (nSPS) is 11.5. The number of hydrogen-bond acceptors (Lipinski definition) is 5. The first-order chi connectivity index (χ1) is 14.4. The fourth-order valence-corrected chi connectivity index (χ4v) is 2.98. The van der Waals surface area contributed by atoms with Crippen LogP contribution in [0.3, 0.4) is 0 Å². The molecule has 0 aliphatic heterocycles. The van der Waals surface area contributed by atoms with E-state index in [1.54, 1.807) is 25.1 Å². The molecule has 2 N–H and O–H groups in total. The Hall–Kier alpha value is -3.22. The third kappa shape index (κ3) is 5.89. The van der Waals surface area contributed by atoms with E-state index < -0.39 is 6.10 Å². The Kier molecular flexibility index (Phi) is 8.53. The summed E-state index contributed by atoms with van der Waals surface area (Å²) in [6, 6.07) is 12.8. The first-order valence-electron chi connectivity index (χ1n) is 9.91. The molecule has 0 aliphatic rings. The summed E-state index contributed by atoms with van der Waals surface area (Å²) in [5.41, 5.74) is 1.37. The molecule has 0 radical (unpaired) electrons. The Morgan fingerprint density at radius 3 is 2.00 bits per heavy atom. The molecule has 1 atom stereocenters. The van der Waals surface area contributed by atoms with Gasteiger partial charge in [0.1, 0.15) is 22.8 Å². The zero-order valence-electron chi connectivity index (χ0n) is 18.2. The predicted molar refractivity (Wildman–Crippen MR) is 116 cm³/mol. The average Bonchev–Trinajstić information content (AvgIpc) is 2.75. The molecule has 2 amide bonds. The zero-order chi connectivity index (χ0) is 22.1. The lowest BCUT2D eigenvalue weighted by Gasteiger charge is -2.19. The van der Waals surface area contributed by atoms with E-state index in [4.69, 9.17) is 14.2 Å². The minimum absolute atomic E-state index is 0.251. The van der Waals surface area contributed by atoms with Crippen molar-refractivity contribution in [1.82, 2.24) is 10.6 Å². The summed E-state index contributed by atoms with van der Waals surface area (Å²) >= 11 is 0. The maximum absolute atomic E-state index is 12.5. The Morgan fingerprint density at radius 2 is 1.40 bits per heavy atom. The van der Waals surface area contributed by atoms with Gasteiger partial charge in [-0.2, -0.15) is 0 Å². The number of amides is 2. The van der Waals surface area contributed by atoms with Gasteiger partial charge in [0, 0.05) is 13.1 Å². The minimum Gasteiger partial charge on any atom is -0.496 e. The van der Waals surface area contributed by atoms with E-state index >= 15 is 0 Å². The number of rotatable bonds is 10. The van der Waals surface area contributed by atoms with Gasteiger partial charge in [0.2, 0.25) is 0 Å². The lowest BCUT2D eigenvalue weighted by atomic mass is 10.0. The van der Waals surface area contributed by atoms with Crippen LogP contribution >= 0.6 is 0 Å². The molecule has 2 aromatic rings. The Morgan fingerprint density at radius 1 is 0.833 bits per heavy atom. The molecule has 0 saturated heterocycles. The molecule has 7 nitrogen and oxygen atoms in total. The molecule has 1 unspecified atom stereocenters. The number of carbonyl (C=O) groups is 2. The van der Waals surface area contributed by atoms with Crippen molar-refractivity contribution in [2.45, 2.75) is 32.8 Å². The number of para-hydroxylation sites is 1. The van der Waals surface area contributed by atoms with Crippen molar-refractivity contribution >= 4 is 11.8 Å². The van der Waals surface area contributed by atoms with Crippen LogP contribution in [-0.2, 0) is 4.79 Å². The molecular formula is C23H30N2O5. The fourth-order valence-electron chi connectivity index (χ4n) is 2.98. The van der Waals surface area contributed by atoms with Crippen LogP contribution in [0.4, 0.5) is 0 Å². The molecule has 162 valence electrons. The van der Waals surface area contributed by atoms with Gasteiger partial charge in [-0.1, -0.05) is 38.1 Å². The van der Waals surface area contributed by atoms with Gasteiger partial charge in [-0.25, -0.2) is 0 Å². The largest absolute Gasteiger partial charge is 0.496 e. The van der Waals surface area contributed by atoms with E-state index in [1.165, 1.54) is 14.2 Å². The number of nitrogens with one attached hydrogen (secondary N) is 2. The molecule has 0 fully saturated rings. The second-order valence-corrected chi connectivity index (χ2v) is 7.04. The molecule has 0 spiro atoms. The van der Waals surface area contributed by atoms with E-state index in [2.05, 4.69) is 24.5 Å². The summed E-state index contributed by atoms with van der Waals surface area (Å²) in [5.74, 6) is 1.24. The second kappa shape index (κ2) is 11.1. The van der Waals surface area contributed by atoms with Gasteiger partial charge in [0.05, 0.1) is 14.2 Å². The fraction of sp³-hybridized carbons (Fsp3) is 0.391. The van der Waals surface area contributed by atoms with Crippen LogP contribution < -0.4 is 24.8 Å². The SMILES string of the molecule is COc1cccc(OC)c1C(=O)NCCNC(=O)C(C)Oc1ccccc1C(C)C. The first kappa shape index (κ1) is 23.1. The molecule has 0 saturated carbocycles. The summed E-state index contributed by atoms with van der Waals surface area (Å²) in [6.45, 7) is 6.37. The predicted octanol–water partition coefficient (Wildman–Crippen LogP) is 3.14. The summed E-state index contributed by atoms with van der Waals surface area (Å²) < 4.78 is 16.3. The number of benzene rings is 2. The van der Waals surface area contributed by atoms with Crippen LogP contribution in [0, 0.1) is 0 Å². The maximum Gasteiger partial charge on any atom is 0.260 e. The van der Waals surface area contributed by atoms with Crippen LogP contribution in [0.2, 0.25) is 0 Å². The highest BCUT2D eigenvalue weighted by Gasteiger charge is 2.19. The molecule has 2 aromatic carbocycles. The van der Waals surface area contributed by atoms with Crippen LogP contribution in [0.1, 0.15) is 42.6 Å². The quantitative estimate of drug-likeness (QED) is 0.584. The highest BCUT2D eigenvalue weighted by atomic mass is 16.5. The average molecular weight is 415 g/mol. The van der Waals surface area contributed by atoms with Crippen molar-refractivity contribution in [2.75, 3.05) is 27.3 Å². The van der Waals surface area contributed by atoms with Crippen LogP contribution in [0.25, 0.3) is 0 Å². The van der Waals surface area contributed by atoms with Crippen molar-refractivity contribution in [1.29, 1.82) is 0 Å². The van der Waals surface area contributed by atoms with E-state index in [1.807, 2.05) is 24.3 Å². The van der Waals surface area contributed by atoms with Gasteiger partial charge in [0.25, 0.3) is 11.8 Å². The van der Waals surface area contributed by atoms with E-state index in [-0.39, 0.29) is 24.9 Å². The molecular weight excluding hydrogens is 384 g/mol. The van der Waals surface area contributed by atoms with Gasteiger partial charge in [-0.05, 0) is 36.6 Å². The standard InChI is InChI=1S/C23H30N2O5/c1-15(2)17-9-6-7-10-18(17)30-16(3)22(26)24-13-14-25-23(27)21-19(28-4)11-8-12-20(21)29-5/h6-12,15-16H,13-14H2,1-5H3,(H,24,26)(H,25,27). The molecule has 7 heteroatoms. The lowest BCUT2D eigenvalue weighted by molar-refractivity contribution is -0.127. The van der Waals surface area contributed by atoms with Gasteiger partial charge >= 0.3 is 0 Å². The smallest absolute Gasteiger partial charge is 0.260 e. The van der Waals surface area contributed by atoms with Gasteiger partial charge in [-0.3, -0.25) is 9.59 Å². The van der Waals surface area contributed by atoms with Crippen LogP contribution in [0.5, 0.6) is 17.2 Å². The van der Waals surface area contributed by atoms with Gasteiger partial charge in [0.15, 0.2) is 6.10 Å². The molecule has 0 heterocycles. The van der Waals surface area contributed by atoms with E-state index in [9.17, 15) is 9.59 Å². The van der Waals surface area contributed by atoms with Crippen molar-refractivity contribution in [3.63, 3.8) is 0 Å². The van der Waals surface area contributed by atoms with Crippen molar-refractivity contribution in [3.05, 3.63) is 53.6 Å². The second-order valence-electron chi connectivity index (χ2n) is 7.04. The number of ether oxygens (including phenoxy) is 3. The number of carbonyl (C=O) groups excluding carboxylic acids is 2. The van der Waals surface area contributed by atoms with Gasteiger partial charge < -0.3 is 24.8 Å². The minimum atomic E-state index is -0.657. The third-order valence-corrected chi connectivity index (χ3v) is 4.58. The first-order valence-corrected chi connectivity index (χ1v) is 9.91. The van der Waals surface area contributed by atoms with Crippen molar-refractivity contribution in [2.24, 2.45) is 0 Å². The zero-order valence-corrected chi connectivity index (χ0v) is 18.2. The highest BCUT2D eigenvalue weighted by Crippen LogP contribution is 2.28. The maximum atomic E-state index is 12.5. The highest BCUT2D eigenvalue weighted by molar-refractivity contribution is 5.99. The van der Waals surface area contributed by atoms with Gasteiger partial charge in [-0.15, -0.1) is 0 Å². The molecule has 0 bridgehead atoms. The molecule has 0 aromatic heterocycles. The summed E-state index contributed by atoms with van der Waals surface area (Å²) in [4.78, 5) is 24.9. The summed E-state index contributed by atoms with van der Waals surface area (Å²) in [6.07, 6.45) is -0.657. The van der Waals surface area contributed by atoms with Crippen LogP contribution in [-0.4, -0.2) is 45.2 Å². The topological polar surface area (TPSA) is 85.9 Å². The van der Waals surface area contributed by atoms with Crippen LogP contribution in [0.15, 0.2) is 42.5 Å². The summed E-state index contributed by atoms with van der Waals surface area (Å²) in [7, 11) is 2.98. The monoisotopic (exact) mass is 414 g/mol. The Bertz CT molecular complexity index is 844. The van der Waals surface area contributed by atoms with Crippen molar-refractivity contribution < 1.29 is 23.8 Å². The molecule has 2 rings (SSSR count). The lowest BCUT2D eigenvalue weighted by Crippen LogP contribution is -2.40. The molecule has 30 heavy (non-hydrogen) atoms. The Balaban J connectivity index is 1.86. The van der Waals surface area contributed by atoms with E-state index in [0.717, 1.165) is 5.56 Å². The number of methoxy groups -OCH3 is 2. The third-order valence-electron chi connectivity index (χ3n) is 4.58. The Labute approximate surface area is 177 Å². The number of hydrogen-bond donors (Lipinski definition) is 2. The summed E-state index contributed by atoms with van der Waals surface area (Å²) in [5, 5.41) is 5.54. The van der Waals surface area contributed by atoms with E-state index in [0.29, 0.717) is 28.7 Å². The molecule has 0 aliphatic carbocycles.